The topological polar surface area (TPSA) is 77.2 Å². The fourth-order valence-electron chi connectivity index (χ4n) is 2.66. The van der Waals surface area contributed by atoms with Gasteiger partial charge in [0.25, 0.3) is 5.91 Å². The van der Waals surface area contributed by atoms with E-state index >= 15 is 0 Å². The first-order chi connectivity index (χ1) is 14.2. The molecule has 2 aromatic heterocycles. The standard InChI is InChI=1S/C21H17N3O4S/c1-26-15-6-3-5-14(11-15)20(25)24(22-13-17-7-4-10-28-17)21-23-18-9-8-16(27-2)12-19(18)29-21/h3-13H,1-2H3/b22-13+. The zero-order valence-corrected chi connectivity index (χ0v) is 16.6. The summed E-state index contributed by atoms with van der Waals surface area (Å²) in [7, 11) is 3.16. The van der Waals surface area contributed by atoms with Crippen molar-refractivity contribution in [1.29, 1.82) is 0 Å². The average Bonchev–Trinajstić information content (AvgIpc) is 3.43. The van der Waals surface area contributed by atoms with Crippen LogP contribution in [0.1, 0.15) is 16.1 Å². The molecular weight excluding hydrogens is 390 g/mol. The molecule has 0 bridgehead atoms. The number of fused-ring (bicyclic) bond motifs is 1. The van der Waals surface area contributed by atoms with Crippen LogP contribution >= 0.6 is 11.3 Å². The Hall–Kier alpha value is -3.65. The molecule has 0 saturated carbocycles. The number of benzene rings is 2. The Kier molecular flexibility index (Phi) is 5.26. The molecule has 0 radical (unpaired) electrons. The predicted octanol–water partition coefficient (Wildman–Crippen LogP) is 4.59. The number of rotatable bonds is 6. The van der Waals surface area contributed by atoms with E-state index in [-0.39, 0.29) is 5.91 Å². The van der Waals surface area contributed by atoms with Crippen LogP contribution in [-0.2, 0) is 0 Å². The van der Waals surface area contributed by atoms with Gasteiger partial charge in [-0.3, -0.25) is 4.79 Å². The Balaban J connectivity index is 1.76. The van der Waals surface area contributed by atoms with Crippen molar-refractivity contribution in [2.24, 2.45) is 5.10 Å². The van der Waals surface area contributed by atoms with Gasteiger partial charge >= 0.3 is 0 Å². The zero-order chi connectivity index (χ0) is 20.2. The molecule has 7 nitrogen and oxygen atoms in total. The van der Waals surface area contributed by atoms with E-state index in [9.17, 15) is 4.79 Å². The number of hydrazone groups is 1. The smallest absolute Gasteiger partial charge is 0.280 e. The molecule has 0 saturated heterocycles. The molecule has 4 rings (SSSR count). The van der Waals surface area contributed by atoms with Crippen molar-refractivity contribution in [3.8, 4) is 11.5 Å². The third kappa shape index (κ3) is 3.97. The summed E-state index contributed by atoms with van der Waals surface area (Å²) in [5.41, 5.74) is 1.18. The van der Waals surface area contributed by atoms with Gasteiger partial charge < -0.3 is 13.9 Å². The monoisotopic (exact) mass is 407 g/mol. The van der Waals surface area contributed by atoms with E-state index < -0.39 is 0 Å². The maximum absolute atomic E-state index is 13.2. The van der Waals surface area contributed by atoms with Crippen LogP contribution in [0, 0.1) is 0 Å². The number of methoxy groups -OCH3 is 2. The highest BCUT2D eigenvalue weighted by Crippen LogP contribution is 2.32. The first-order valence-electron chi connectivity index (χ1n) is 8.68. The second kappa shape index (κ2) is 8.15. The van der Waals surface area contributed by atoms with E-state index in [0.717, 1.165) is 16.0 Å². The van der Waals surface area contributed by atoms with Crippen LogP contribution in [0.3, 0.4) is 0 Å². The molecule has 2 aromatic carbocycles. The molecule has 1 amide bonds. The van der Waals surface area contributed by atoms with E-state index in [4.69, 9.17) is 13.9 Å². The van der Waals surface area contributed by atoms with Crippen LogP contribution in [0.15, 0.2) is 70.4 Å². The van der Waals surface area contributed by atoms with Gasteiger partial charge in [0.2, 0.25) is 5.13 Å². The molecule has 0 aliphatic carbocycles. The van der Waals surface area contributed by atoms with Gasteiger partial charge in [-0.25, -0.2) is 4.98 Å². The lowest BCUT2D eigenvalue weighted by Gasteiger charge is -2.14. The maximum atomic E-state index is 13.2. The van der Waals surface area contributed by atoms with Gasteiger partial charge in [-0.15, -0.1) is 0 Å². The van der Waals surface area contributed by atoms with Crippen LogP contribution in [0.5, 0.6) is 11.5 Å². The molecule has 2 heterocycles. The Morgan fingerprint density at radius 1 is 1.10 bits per heavy atom. The van der Waals surface area contributed by atoms with Gasteiger partial charge in [-0.05, 0) is 48.5 Å². The lowest BCUT2D eigenvalue weighted by atomic mass is 10.2. The Morgan fingerprint density at radius 2 is 1.93 bits per heavy atom. The molecule has 0 unspecified atom stereocenters. The van der Waals surface area contributed by atoms with Gasteiger partial charge in [-0.1, -0.05) is 17.4 Å². The van der Waals surface area contributed by atoms with Gasteiger partial charge in [0.1, 0.15) is 17.3 Å². The van der Waals surface area contributed by atoms with Crippen LogP contribution in [0.2, 0.25) is 0 Å². The molecule has 0 atom stereocenters. The second-order valence-corrected chi connectivity index (χ2v) is 6.95. The van der Waals surface area contributed by atoms with Crippen molar-refractivity contribution < 1.29 is 18.7 Å². The van der Waals surface area contributed by atoms with Crippen molar-refractivity contribution in [1.82, 2.24) is 4.98 Å². The molecular formula is C21H17N3O4S. The summed E-state index contributed by atoms with van der Waals surface area (Å²) in [5, 5.41) is 6.04. The van der Waals surface area contributed by atoms with Crippen LogP contribution < -0.4 is 14.5 Å². The predicted molar refractivity (Wildman–Crippen MR) is 112 cm³/mol. The summed E-state index contributed by atoms with van der Waals surface area (Å²) in [6, 6.07) is 15.9. The maximum Gasteiger partial charge on any atom is 0.280 e. The van der Waals surface area contributed by atoms with E-state index in [1.54, 1.807) is 56.9 Å². The number of anilines is 1. The normalized spacial score (nSPS) is 11.1. The largest absolute Gasteiger partial charge is 0.497 e. The van der Waals surface area contributed by atoms with Crippen molar-refractivity contribution in [3.05, 3.63) is 72.2 Å². The van der Waals surface area contributed by atoms with Gasteiger partial charge in [0.05, 0.1) is 36.9 Å². The molecule has 146 valence electrons. The molecule has 29 heavy (non-hydrogen) atoms. The molecule has 8 heteroatoms. The van der Waals surface area contributed by atoms with E-state index in [0.29, 0.717) is 22.2 Å². The SMILES string of the molecule is COc1cccc(C(=O)N(/N=C/c2ccco2)c2nc3ccc(OC)cc3s2)c1. The molecule has 4 aromatic rings. The van der Waals surface area contributed by atoms with Crippen molar-refractivity contribution >= 4 is 38.8 Å². The quantitative estimate of drug-likeness (QED) is 0.345. The number of nitrogens with zero attached hydrogens (tertiary/aromatic N) is 3. The Morgan fingerprint density at radius 3 is 2.69 bits per heavy atom. The number of hydrogen-bond donors (Lipinski definition) is 0. The van der Waals surface area contributed by atoms with Crippen molar-refractivity contribution in [2.45, 2.75) is 0 Å². The second-order valence-electron chi connectivity index (χ2n) is 5.94. The fourth-order valence-corrected chi connectivity index (χ4v) is 3.61. The first kappa shape index (κ1) is 18.7. The number of carbonyl (C=O) groups is 1. The van der Waals surface area contributed by atoms with Crippen molar-refractivity contribution in [2.75, 3.05) is 19.2 Å². The molecule has 0 aliphatic heterocycles. The number of ether oxygens (including phenoxy) is 2. The highest BCUT2D eigenvalue weighted by atomic mass is 32.1. The van der Waals surface area contributed by atoms with Crippen LogP contribution in [0.25, 0.3) is 10.2 Å². The minimum atomic E-state index is -0.335. The number of carbonyl (C=O) groups excluding carboxylic acids is 1. The number of amides is 1. The summed E-state index contributed by atoms with van der Waals surface area (Å²) >= 11 is 1.34. The van der Waals surface area contributed by atoms with Crippen molar-refractivity contribution in [3.63, 3.8) is 0 Å². The number of aromatic nitrogens is 1. The number of thiazole rings is 1. The van der Waals surface area contributed by atoms with Crippen LogP contribution in [0.4, 0.5) is 5.13 Å². The molecule has 0 fully saturated rings. The number of furan rings is 1. The Labute approximate surface area is 170 Å². The molecule has 0 aliphatic rings. The summed E-state index contributed by atoms with van der Waals surface area (Å²) in [6.07, 6.45) is 3.02. The minimum Gasteiger partial charge on any atom is -0.497 e. The van der Waals surface area contributed by atoms with Gasteiger partial charge in [0.15, 0.2) is 0 Å². The zero-order valence-electron chi connectivity index (χ0n) is 15.7. The molecule has 0 spiro atoms. The minimum absolute atomic E-state index is 0.335. The summed E-state index contributed by atoms with van der Waals surface area (Å²) < 4.78 is 16.7. The number of hydrogen-bond acceptors (Lipinski definition) is 7. The van der Waals surface area contributed by atoms with E-state index in [1.807, 2.05) is 18.2 Å². The van der Waals surface area contributed by atoms with Gasteiger partial charge in [-0.2, -0.15) is 10.1 Å². The summed E-state index contributed by atoms with van der Waals surface area (Å²) in [4.78, 5) is 17.8. The third-order valence-electron chi connectivity index (χ3n) is 4.12. The Bertz CT molecular complexity index is 1170. The summed E-state index contributed by atoms with van der Waals surface area (Å²) in [6.45, 7) is 0. The van der Waals surface area contributed by atoms with E-state index in [1.165, 1.54) is 22.6 Å². The lowest BCUT2D eigenvalue weighted by Crippen LogP contribution is -2.25. The van der Waals surface area contributed by atoms with E-state index in [2.05, 4.69) is 10.1 Å². The fraction of sp³-hybridized carbons (Fsp3) is 0.0952. The highest BCUT2D eigenvalue weighted by molar-refractivity contribution is 7.22. The summed E-state index contributed by atoms with van der Waals surface area (Å²) in [5.74, 6) is 1.49. The average molecular weight is 407 g/mol. The molecule has 0 N–H and O–H groups in total. The highest BCUT2D eigenvalue weighted by Gasteiger charge is 2.22. The van der Waals surface area contributed by atoms with Gasteiger partial charge in [0, 0.05) is 5.56 Å². The first-order valence-corrected chi connectivity index (χ1v) is 9.50. The van der Waals surface area contributed by atoms with Crippen LogP contribution in [-0.4, -0.2) is 31.3 Å². The third-order valence-corrected chi connectivity index (χ3v) is 5.11. The lowest BCUT2D eigenvalue weighted by molar-refractivity contribution is 0.0987.